The van der Waals surface area contributed by atoms with Gasteiger partial charge in [-0.2, -0.15) is 0 Å². The first-order chi connectivity index (χ1) is 10.3. The lowest BCUT2D eigenvalue weighted by molar-refractivity contribution is 0.0410. The molecule has 0 aliphatic carbocycles. The smallest absolute Gasteiger partial charge is 0.209 e. The Morgan fingerprint density at radius 2 is 2.10 bits per heavy atom. The number of thioether (sulfide) groups is 1. The molecule has 1 aromatic heterocycles. The van der Waals surface area contributed by atoms with Gasteiger partial charge in [-0.3, -0.25) is 4.90 Å². The van der Waals surface area contributed by atoms with Crippen LogP contribution in [0.25, 0.3) is 0 Å². The van der Waals surface area contributed by atoms with Crippen LogP contribution >= 0.6 is 11.8 Å². The van der Waals surface area contributed by atoms with E-state index in [0.29, 0.717) is 5.92 Å². The molecule has 0 radical (unpaired) electrons. The van der Waals surface area contributed by atoms with Crippen molar-refractivity contribution < 1.29 is 4.74 Å². The molecular weight excluding hydrogens is 288 g/mol. The summed E-state index contributed by atoms with van der Waals surface area (Å²) in [5.41, 5.74) is 0. The Morgan fingerprint density at radius 1 is 1.29 bits per heavy atom. The molecule has 2 heterocycles. The zero-order valence-electron chi connectivity index (χ0n) is 13.0. The minimum atomic E-state index is 0.668. The molecule has 0 unspecified atom stereocenters. The Morgan fingerprint density at radius 3 is 2.86 bits per heavy atom. The summed E-state index contributed by atoms with van der Waals surface area (Å²) in [6, 6.07) is 0. The normalized spacial score (nSPS) is 16.7. The molecule has 21 heavy (non-hydrogen) atoms. The molecule has 1 N–H and O–H groups in total. The second kappa shape index (κ2) is 9.34. The third kappa shape index (κ3) is 6.29. The fraction of sp³-hybridized carbons (Fsp3) is 0.923. The summed E-state index contributed by atoms with van der Waals surface area (Å²) in [5, 5.41) is 16.3. The molecule has 1 fully saturated rings. The average molecular weight is 314 g/mol. The van der Waals surface area contributed by atoms with E-state index >= 15 is 0 Å². The van der Waals surface area contributed by atoms with Crippen LogP contribution in [-0.4, -0.2) is 76.8 Å². The number of hydrogen-bond acceptors (Lipinski definition) is 7. The third-order valence-corrected chi connectivity index (χ3v) is 4.23. The van der Waals surface area contributed by atoms with E-state index in [4.69, 9.17) is 4.74 Å². The number of nitrogens with one attached hydrogen (secondary N) is 1. The van der Waals surface area contributed by atoms with Crippen molar-refractivity contribution in [2.24, 2.45) is 5.92 Å². The summed E-state index contributed by atoms with van der Waals surface area (Å²) >= 11 is 1.73. The van der Waals surface area contributed by atoms with Crippen molar-refractivity contribution in [1.29, 1.82) is 0 Å². The first-order valence-electron chi connectivity index (χ1n) is 7.65. The highest BCUT2D eigenvalue weighted by Crippen LogP contribution is 2.13. The van der Waals surface area contributed by atoms with Crippen molar-refractivity contribution in [2.75, 3.05) is 51.7 Å². The fourth-order valence-electron chi connectivity index (χ4n) is 2.11. The number of rotatable bonds is 9. The molecule has 0 spiro atoms. The van der Waals surface area contributed by atoms with Gasteiger partial charge in [0.2, 0.25) is 5.16 Å². The monoisotopic (exact) mass is 314 g/mol. The maximum atomic E-state index is 5.35. The van der Waals surface area contributed by atoms with E-state index in [1.165, 1.54) is 0 Å². The van der Waals surface area contributed by atoms with Gasteiger partial charge in [0, 0.05) is 31.9 Å². The summed E-state index contributed by atoms with van der Waals surface area (Å²) in [6.07, 6.45) is 0. The van der Waals surface area contributed by atoms with E-state index in [0.717, 1.165) is 63.4 Å². The standard InChI is InChI=1S/C13H26N6OS/c1-12(2)11-14-3-4-19-13(15-16-17-19)21-10-7-18-5-8-20-9-6-18/h12,14H,3-11H2,1-2H3. The van der Waals surface area contributed by atoms with Gasteiger partial charge in [0.05, 0.1) is 19.8 Å². The van der Waals surface area contributed by atoms with Crippen LogP contribution in [-0.2, 0) is 11.3 Å². The van der Waals surface area contributed by atoms with Gasteiger partial charge in [0.1, 0.15) is 0 Å². The van der Waals surface area contributed by atoms with Crippen LogP contribution in [0.5, 0.6) is 0 Å². The predicted molar refractivity (Wildman–Crippen MR) is 83.5 cm³/mol. The van der Waals surface area contributed by atoms with Crippen LogP contribution < -0.4 is 5.32 Å². The van der Waals surface area contributed by atoms with E-state index in [9.17, 15) is 0 Å². The number of morpholine rings is 1. The number of hydrogen-bond donors (Lipinski definition) is 1. The summed E-state index contributed by atoms with van der Waals surface area (Å²) in [4.78, 5) is 2.43. The lowest BCUT2D eigenvalue weighted by Crippen LogP contribution is -2.37. The largest absolute Gasteiger partial charge is 0.379 e. The number of aromatic nitrogens is 4. The van der Waals surface area contributed by atoms with Crippen LogP contribution in [0.1, 0.15) is 13.8 Å². The molecule has 7 nitrogen and oxygen atoms in total. The minimum absolute atomic E-state index is 0.668. The Kier molecular flexibility index (Phi) is 7.42. The van der Waals surface area contributed by atoms with Gasteiger partial charge >= 0.3 is 0 Å². The van der Waals surface area contributed by atoms with Crippen molar-refractivity contribution in [3.63, 3.8) is 0 Å². The van der Waals surface area contributed by atoms with Crippen molar-refractivity contribution in [1.82, 2.24) is 30.4 Å². The molecule has 1 aromatic rings. The molecule has 0 atom stereocenters. The second-order valence-electron chi connectivity index (χ2n) is 5.59. The lowest BCUT2D eigenvalue weighted by atomic mass is 10.2. The van der Waals surface area contributed by atoms with Gasteiger partial charge < -0.3 is 10.1 Å². The lowest BCUT2D eigenvalue weighted by Gasteiger charge is -2.26. The maximum absolute atomic E-state index is 5.35. The first-order valence-corrected chi connectivity index (χ1v) is 8.64. The van der Waals surface area contributed by atoms with Crippen LogP contribution in [0, 0.1) is 5.92 Å². The molecule has 1 aliphatic heterocycles. The minimum Gasteiger partial charge on any atom is -0.379 e. The zero-order chi connectivity index (χ0) is 14.9. The molecular formula is C13H26N6OS. The summed E-state index contributed by atoms with van der Waals surface area (Å²) in [5.74, 6) is 1.68. The molecule has 8 heteroatoms. The highest BCUT2D eigenvalue weighted by molar-refractivity contribution is 7.99. The van der Waals surface area contributed by atoms with Gasteiger partial charge in [-0.05, 0) is 22.9 Å². The van der Waals surface area contributed by atoms with E-state index in [1.807, 2.05) is 4.68 Å². The van der Waals surface area contributed by atoms with Gasteiger partial charge in [-0.25, -0.2) is 4.68 Å². The number of nitrogens with zero attached hydrogens (tertiary/aromatic N) is 5. The van der Waals surface area contributed by atoms with E-state index < -0.39 is 0 Å². The third-order valence-electron chi connectivity index (χ3n) is 3.29. The Bertz CT molecular complexity index is 394. The van der Waals surface area contributed by atoms with Crippen LogP contribution in [0.15, 0.2) is 5.16 Å². The quantitative estimate of drug-likeness (QED) is 0.521. The molecule has 0 bridgehead atoms. The maximum Gasteiger partial charge on any atom is 0.209 e. The molecule has 1 saturated heterocycles. The topological polar surface area (TPSA) is 68.1 Å². The SMILES string of the molecule is CC(C)CNCCn1nnnc1SCCN1CCOCC1. The van der Waals surface area contributed by atoms with Crippen LogP contribution in [0.4, 0.5) is 0 Å². The van der Waals surface area contributed by atoms with Crippen molar-refractivity contribution >= 4 is 11.8 Å². The number of ether oxygens (including phenoxy) is 1. The highest BCUT2D eigenvalue weighted by atomic mass is 32.2. The number of tetrazole rings is 1. The van der Waals surface area contributed by atoms with Crippen LogP contribution in [0.3, 0.4) is 0 Å². The van der Waals surface area contributed by atoms with Crippen molar-refractivity contribution in [3.05, 3.63) is 0 Å². The van der Waals surface area contributed by atoms with E-state index in [-0.39, 0.29) is 0 Å². The van der Waals surface area contributed by atoms with Gasteiger partial charge in [0.25, 0.3) is 0 Å². The molecule has 2 rings (SSSR count). The Balaban J connectivity index is 1.65. The van der Waals surface area contributed by atoms with Crippen molar-refractivity contribution in [2.45, 2.75) is 25.5 Å². The Hall–Kier alpha value is -0.700. The van der Waals surface area contributed by atoms with E-state index in [2.05, 4.69) is 39.6 Å². The van der Waals surface area contributed by atoms with Crippen LogP contribution in [0.2, 0.25) is 0 Å². The Labute approximate surface area is 130 Å². The zero-order valence-corrected chi connectivity index (χ0v) is 13.8. The second-order valence-corrected chi connectivity index (χ2v) is 6.65. The molecule has 0 saturated carbocycles. The predicted octanol–water partition coefficient (Wildman–Crippen LogP) is 0.343. The molecule has 120 valence electrons. The van der Waals surface area contributed by atoms with E-state index in [1.54, 1.807) is 11.8 Å². The molecule has 0 amide bonds. The van der Waals surface area contributed by atoms with Crippen molar-refractivity contribution in [3.8, 4) is 0 Å². The highest BCUT2D eigenvalue weighted by Gasteiger charge is 2.11. The summed E-state index contributed by atoms with van der Waals surface area (Å²) in [7, 11) is 0. The molecule has 0 aromatic carbocycles. The first kappa shape index (κ1) is 16.7. The summed E-state index contributed by atoms with van der Waals surface area (Å²) < 4.78 is 7.24. The summed E-state index contributed by atoms with van der Waals surface area (Å²) in [6.45, 7) is 12.0. The van der Waals surface area contributed by atoms with Gasteiger partial charge in [-0.15, -0.1) is 5.10 Å². The average Bonchev–Trinajstić information content (AvgIpc) is 2.92. The van der Waals surface area contributed by atoms with Gasteiger partial charge in [-0.1, -0.05) is 25.6 Å². The fourth-order valence-corrected chi connectivity index (χ4v) is 3.01. The molecule has 1 aliphatic rings. The van der Waals surface area contributed by atoms with Gasteiger partial charge in [0.15, 0.2) is 0 Å².